The van der Waals surface area contributed by atoms with E-state index in [1.807, 2.05) is 0 Å². The average molecular weight is 181 g/mol. The first-order valence-electron chi connectivity index (χ1n) is 6.22. The van der Waals surface area contributed by atoms with Gasteiger partial charge in [-0.1, -0.05) is 77.6 Å². The van der Waals surface area contributed by atoms with Crippen LogP contribution in [-0.2, 0) is 0 Å². The molecule has 0 aliphatic heterocycles. The van der Waals surface area contributed by atoms with Gasteiger partial charge in [-0.2, -0.15) is 0 Å². The highest BCUT2D eigenvalue weighted by Gasteiger charge is 2.19. The third-order valence-corrected chi connectivity index (χ3v) is 3.06. The van der Waals surface area contributed by atoms with Gasteiger partial charge in [-0.15, -0.1) is 0 Å². The van der Waals surface area contributed by atoms with Gasteiger partial charge in [0, 0.05) is 0 Å². The summed E-state index contributed by atoms with van der Waals surface area (Å²) in [4.78, 5) is 0. The van der Waals surface area contributed by atoms with Gasteiger partial charge in [-0.3, -0.25) is 0 Å². The lowest BCUT2D eigenvalue weighted by Gasteiger charge is -2.00. The van der Waals surface area contributed by atoms with Crippen molar-refractivity contribution in [1.82, 2.24) is 0 Å². The molecule has 0 bridgehead atoms. The number of rotatable bonds is 9. The predicted octanol–water partition coefficient (Wildman–Crippen LogP) is 4.74. The largest absolute Gasteiger partial charge is 0.0533 e. The molecule has 0 aromatic heterocycles. The lowest BCUT2D eigenvalue weighted by molar-refractivity contribution is 0.554. The van der Waals surface area contributed by atoms with E-state index in [0.29, 0.717) is 0 Å². The molecule has 1 radical (unpaired) electrons. The van der Waals surface area contributed by atoms with Crippen LogP contribution in [0.5, 0.6) is 0 Å². The zero-order chi connectivity index (χ0) is 9.36. The maximum atomic E-state index is 3.86. The molecule has 0 nitrogen and oxygen atoms in total. The Morgan fingerprint density at radius 2 is 1.31 bits per heavy atom. The molecule has 13 heavy (non-hydrogen) atoms. The van der Waals surface area contributed by atoms with Crippen LogP contribution >= 0.6 is 0 Å². The number of hydrogen-bond acceptors (Lipinski definition) is 0. The molecule has 0 aromatic rings. The van der Waals surface area contributed by atoms with Crippen LogP contribution < -0.4 is 0 Å². The van der Waals surface area contributed by atoms with Crippen molar-refractivity contribution in [2.24, 2.45) is 5.92 Å². The Morgan fingerprint density at radius 1 is 0.769 bits per heavy atom. The van der Waals surface area contributed by atoms with Gasteiger partial charge in [0.25, 0.3) is 0 Å². The molecule has 1 aliphatic carbocycles. The Morgan fingerprint density at radius 3 is 1.85 bits per heavy atom. The van der Waals surface area contributed by atoms with E-state index in [2.05, 4.69) is 6.92 Å². The zero-order valence-corrected chi connectivity index (χ0v) is 9.06. The summed E-state index contributed by atoms with van der Waals surface area (Å²) in [5.74, 6) is 1.14. The smallest absolute Gasteiger partial charge is 0.0414 e. The predicted molar refractivity (Wildman–Crippen MR) is 59.6 cm³/mol. The van der Waals surface area contributed by atoms with Crippen molar-refractivity contribution in [3.8, 4) is 0 Å². The normalized spacial score (nSPS) is 16.4. The van der Waals surface area contributed by atoms with Gasteiger partial charge >= 0.3 is 0 Å². The van der Waals surface area contributed by atoms with E-state index >= 15 is 0 Å². The molecule has 1 rings (SSSR count). The first-order valence-corrected chi connectivity index (χ1v) is 6.22. The molecule has 1 fully saturated rings. The van der Waals surface area contributed by atoms with Crippen LogP contribution in [-0.4, -0.2) is 0 Å². The lowest BCUT2D eigenvalue weighted by Crippen LogP contribution is -1.81. The van der Waals surface area contributed by atoms with Gasteiger partial charge in [0.05, 0.1) is 0 Å². The summed E-state index contributed by atoms with van der Waals surface area (Å²) in [6.07, 6.45) is 15.8. The van der Waals surface area contributed by atoms with Crippen LogP contribution in [0.25, 0.3) is 0 Å². The van der Waals surface area contributed by atoms with E-state index in [4.69, 9.17) is 0 Å². The molecule has 1 aliphatic rings. The van der Waals surface area contributed by atoms with Gasteiger partial charge in [-0.25, -0.2) is 0 Å². The van der Waals surface area contributed by atoms with Crippen LogP contribution in [0.3, 0.4) is 0 Å². The minimum absolute atomic E-state index is 1.13. The van der Waals surface area contributed by atoms with E-state index in [1.165, 1.54) is 64.2 Å². The van der Waals surface area contributed by atoms with Crippen molar-refractivity contribution in [3.63, 3.8) is 0 Å². The summed E-state index contributed by atoms with van der Waals surface area (Å²) in [5, 5.41) is 0. The van der Waals surface area contributed by atoms with E-state index in [-0.39, 0.29) is 0 Å². The van der Waals surface area contributed by atoms with Crippen LogP contribution in [0, 0.1) is 12.8 Å². The molecule has 0 aromatic carbocycles. The van der Waals surface area contributed by atoms with Crippen molar-refractivity contribution in [3.05, 3.63) is 6.92 Å². The summed E-state index contributed by atoms with van der Waals surface area (Å²) >= 11 is 0. The molecule has 1 saturated carbocycles. The minimum Gasteiger partial charge on any atom is -0.0533 e. The quantitative estimate of drug-likeness (QED) is 0.451. The van der Waals surface area contributed by atoms with Crippen molar-refractivity contribution in [2.45, 2.75) is 70.6 Å². The molecule has 77 valence electrons. The van der Waals surface area contributed by atoms with Crippen LogP contribution in [0.15, 0.2) is 0 Å². The van der Waals surface area contributed by atoms with E-state index in [1.54, 1.807) is 0 Å². The Kier molecular flexibility index (Phi) is 6.31. The first kappa shape index (κ1) is 11.1. The molecule has 0 saturated heterocycles. The van der Waals surface area contributed by atoms with E-state index in [0.717, 1.165) is 12.3 Å². The third-order valence-electron chi connectivity index (χ3n) is 3.06. The fourth-order valence-corrected chi connectivity index (χ4v) is 1.90. The Balaban J connectivity index is 1.63. The second kappa shape index (κ2) is 7.41. The minimum atomic E-state index is 1.13. The zero-order valence-electron chi connectivity index (χ0n) is 9.06. The maximum Gasteiger partial charge on any atom is -0.0414 e. The lowest BCUT2D eigenvalue weighted by atomic mass is 10.1. The second-order valence-corrected chi connectivity index (χ2v) is 4.56. The molecule has 0 atom stereocenters. The van der Waals surface area contributed by atoms with Gasteiger partial charge in [0.1, 0.15) is 0 Å². The Labute approximate surface area is 84.1 Å². The summed E-state index contributed by atoms with van der Waals surface area (Å²) in [6.45, 7) is 3.86. The third kappa shape index (κ3) is 7.10. The second-order valence-electron chi connectivity index (χ2n) is 4.56. The SMILES string of the molecule is [CH2]CCCCCCCCCC1CC1. The maximum absolute atomic E-state index is 3.86. The van der Waals surface area contributed by atoms with Crippen molar-refractivity contribution < 1.29 is 0 Å². The summed E-state index contributed by atoms with van der Waals surface area (Å²) in [5.41, 5.74) is 0. The van der Waals surface area contributed by atoms with Gasteiger partial charge in [0.2, 0.25) is 0 Å². The molecule has 0 heterocycles. The number of unbranched alkanes of at least 4 members (excludes halogenated alkanes) is 7. The Hall–Kier alpha value is 0. The van der Waals surface area contributed by atoms with Crippen LogP contribution in [0.1, 0.15) is 70.6 Å². The van der Waals surface area contributed by atoms with Crippen molar-refractivity contribution >= 4 is 0 Å². The molecule has 0 heteroatoms. The number of hydrogen-bond donors (Lipinski definition) is 0. The molecule has 0 amide bonds. The Bertz CT molecular complexity index is 103. The van der Waals surface area contributed by atoms with Gasteiger partial charge < -0.3 is 0 Å². The highest BCUT2D eigenvalue weighted by atomic mass is 14.3. The molecular weight excluding hydrogens is 156 g/mol. The monoisotopic (exact) mass is 181 g/mol. The summed E-state index contributed by atoms with van der Waals surface area (Å²) in [6, 6.07) is 0. The molecular formula is C13H25. The summed E-state index contributed by atoms with van der Waals surface area (Å²) < 4.78 is 0. The fraction of sp³-hybridized carbons (Fsp3) is 0.923. The molecule has 0 N–H and O–H groups in total. The highest BCUT2D eigenvalue weighted by molar-refractivity contribution is 4.72. The molecule has 0 unspecified atom stereocenters. The summed E-state index contributed by atoms with van der Waals surface area (Å²) in [7, 11) is 0. The average Bonchev–Trinajstić information content (AvgIpc) is 2.93. The van der Waals surface area contributed by atoms with Gasteiger partial charge in [0.15, 0.2) is 0 Å². The van der Waals surface area contributed by atoms with Crippen LogP contribution in [0.4, 0.5) is 0 Å². The molecule has 0 spiro atoms. The fourth-order valence-electron chi connectivity index (χ4n) is 1.90. The van der Waals surface area contributed by atoms with E-state index in [9.17, 15) is 0 Å². The van der Waals surface area contributed by atoms with Crippen molar-refractivity contribution in [1.29, 1.82) is 0 Å². The topological polar surface area (TPSA) is 0 Å². The van der Waals surface area contributed by atoms with Crippen LogP contribution in [0.2, 0.25) is 0 Å². The highest BCUT2D eigenvalue weighted by Crippen LogP contribution is 2.34. The van der Waals surface area contributed by atoms with Gasteiger partial charge in [-0.05, 0) is 5.92 Å². The first-order chi connectivity index (χ1) is 6.43. The standard InChI is InChI=1S/C13H25/c1-2-3-4-5-6-7-8-9-10-13-11-12-13/h13H,1-12H2. The van der Waals surface area contributed by atoms with E-state index < -0.39 is 0 Å². The van der Waals surface area contributed by atoms with Crippen molar-refractivity contribution in [2.75, 3.05) is 0 Å².